The van der Waals surface area contributed by atoms with E-state index in [-0.39, 0.29) is 5.41 Å². The Morgan fingerprint density at radius 1 is 1.18 bits per heavy atom. The number of aryl methyl sites for hydroxylation is 1. The Labute approximate surface area is 107 Å². The van der Waals surface area contributed by atoms with Gasteiger partial charge in [-0.05, 0) is 29.5 Å². The molecule has 2 heteroatoms. The van der Waals surface area contributed by atoms with Gasteiger partial charge in [0.1, 0.15) is 0 Å². The lowest BCUT2D eigenvalue weighted by molar-refractivity contribution is 0.541. The molecular weight excluding hydrogens is 226 g/mol. The molecule has 0 aliphatic carbocycles. The summed E-state index contributed by atoms with van der Waals surface area (Å²) in [5.41, 5.74) is 9.80. The van der Waals surface area contributed by atoms with E-state index in [4.69, 9.17) is 5.73 Å². The highest BCUT2D eigenvalue weighted by atomic mass is 32.1. The van der Waals surface area contributed by atoms with Gasteiger partial charge in [-0.2, -0.15) is 0 Å². The van der Waals surface area contributed by atoms with Crippen LogP contribution in [0, 0.1) is 6.92 Å². The van der Waals surface area contributed by atoms with Crippen LogP contribution in [0.5, 0.6) is 0 Å². The molecule has 0 radical (unpaired) electrons. The maximum absolute atomic E-state index is 5.81. The Balaban J connectivity index is 2.33. The minimum absolute atomic E-state index is 0.0689. The van der Waals surface area contributed by atoms with Crippen molar-refractivity contribution < 1.29 is 0 Å². The Hall–Kier alpha value is -1.12. The number of hydrogen-bond donors (Lipinski definition) is 1. The van der Waals surface area contributed by atoms with Gasteiger partial charge in [0.25, 0.3) is 0 Å². The summed E-state index contributed by atoms with van der Waals surface area (Å²) >= 11 is 1.80. The van der Waals surface area contributed by atoms with Crippen LogP contribution in [0.4, 0.5) is 0 Å². The molecule has 1 heterocycles. The third-order valence-electron chi connectivity index (χ3n) is 3.23. The predicted molar refractivity (Wildman–Crippen MR) is 76.6 cm³/mol. The second-order valence-electron chi connectivity index (χ2n) is 5.15. The maximum atomic E-state index is 5.81. The molecule has 0 unspecified atom stereocenters. The molecule has 0 spiro atoms. The van der Waals surface area contributed by atoms with Crippen molar-refractivity contribution in [2.75, 3.05) is 6.54 Å². The number of nitrogens with two attached hydrogens (primary N) is 1. The molecule has 90 valence electrons. The summed E-state index contributed by atoms with van der Waals surface area (Å²) in [6.07, 6.45) is 0. The van der Waals surface area contributed by atoms with Crippen molar-refractivity contribution >= 4 is 11.3 Å². The van der Waals surface area contributed by atoms with E-state index in [0.29, 0.717) is 6.54 Å². The Bertz CT molecular complexity index is 494. The molecule has 0 amide bonds. The predicted octanol–water partition coefficient (Wildman–Crippen LogP) is 3.96. The van der Waals surface area contributed by atoms with Gasteiger partial charge in [-0.15, -0.1) is 11.3 Å². The number of rotatable bonds is 3. The number of hydrogen-bond acceptors (Lipinski definition) is 2. The Morgan fingerprint density at radius 2 is 1.82 bits per heavy atom. The molecule has 2 rings (SSSR count). The van der Waals surface area contributed by atoms with Gasteiger partial charge in [0, 0.05) is 16.8 Å². The van der Waals surface area contributed by atoms with Crippen LogP contribution < -0.4 is 5.73 Å². The van der Waals surface area contributed by atoms with E-state index in [1.54, 1.807) is 11.3 Å². The van der Waals surface area contributed by atoms with Crippen molar-refractivity contribution in [1.29, 1.82) is 0 Å². The van der Waals surface area contributed by atoms with E-state index in [2.05, 4.69) is 56.5 Å². The van der Waals surface area contributed by atoms with Gasteiger partial charge in [-0.1, -0.05) is 43.7 Å². The van der Waals surface area contributed by atoms with E-state index < -0.39 is 0 Å². The smallest absolute Gasteiger partial charge is 0.0345 e. The maximum Gasteiger partial charge on any atom is 0.0345 e. The summed E-state index contributed by atoms with van der Waals surface area (Å²) in [5.74, 6) is 0. The fourth-order valence-electron chi connectivity index (χ4n) is 1.68. The molecule has 2 aromatic rings. The van der Waals surface area contributed by atoms with Gasteiger partial charge in [0.15, 0.2) is 0 Å². The third kappa shape index (κ3) is 2.59. The summed E-state index contributed by atoms with van der Waals surface area (Å²) in [5, 5.41) is 2.22. The molecule has 0 fully saturated rings. The van der Waals surface area contributed by atoms with Crippen LogP contribution >= 0.6 is 11.3 Å². The largest absolute Gasteiger partial charge is 0.330 e. The zero-order valence-corrected chi connectivity index (χ0v) is 11.5. The van der Waals surface area contributed by atoms with E-state index in [9.17, 15) is 0 Å². The second-order valence-corrected chi connectivity index (χ2v) is 6.06. The van der Waals surface area contributed by atoms with Gasteiger partial charge in [-0.25, -0.2) is 0 Å². The van der Waals surface area contributed by atoms with Crippen LogP contribution in [-0.4, -0.2) is 6.54 Å². The fourth-order valence-corrected chi connectivity index (χ4v) is 2.79. The fraction of sp³-hybridized carbons (Fsp3) is 0.333. The molecule has 0 bridgehead atoms. The molecule has 17 heavy (non-hydrogen) atoms. The highest BCUT2D eigenvalue weighted by Crippen LogP contribution is 2.33. The van der Waals surface area contributed by atoms with Gasteiger partial charge in [0.05, 0.1) is 0 Å². The zero-order valence-electron chi connectivity index (χ0n) is 10.7. The molecule has 0 saturated carbocycles. The van der Waals surface area contributed by atoms with Crippen LogP contribution in [0.25, 0.3) is 10.4 Å². The molecule has 0 saturated heterocycles. The topological polar surface area (TPSA) is 26.0 Å². The van der Waals surface area contributed by atoms with Crippen molar-refractivity contribution in [2.24, 2.45) is 5.73 Å². The lowest BCUT2D eigenvalue weighted by Gasteiger charge is -2.20. The lowest BCUT2D eigenvalue weighted by atomic mass is 9.86. The highest BCUT2D eigenvalue weighted by molar-refractivity contribution is 7.13. The molecule has 0 aliphatic rings. The first-order chi connectivity index (χ1) is 8.03. The second kappa shape index (κ2) is 4.63. The molecule has 1 aromatic carbocycles. The summed E-state index contributed by atoms with van der Waals surface area (Å²) < 4.78 is 0. The first-order valence-corrected chi connectivity index (χ1v) is 6.77. The van der Waals surface area contributed by atoms with Crippen LogP contribution in [0.3, 0.4) is 0 Å². The zero-order chi connectivity index (χ0) is 12.5. The SMILES string of the molecule is Cc1ccc(-c2cc(C(C)(C)CN)cs2)cc1. The van der Waals surface area contributed by atoms with Crippen molar-refractivity contribution in [3.8, 4) is 10.4 Å². The van der Waals surface area contributed by atoms with E-state index in [1.165, 1.54) is 21.6 Å². The van der Waals surface area contributed by atoms with Gasteiger partial charge in [0.2, 0.25) is 0 Å². The van der Waals surface area contributed by atoms with Crippen molar-refractivity contribution in [1.82, 2.24) is 0 Å². The van der Waals surface area contributed by atoms with Crippen molar-refractivity contribution in [2.45, 2.75) is 26.2 Å². The average Bonchev–Trinajstić information content (AvgIpc) is 2.80. The molecular formula is C15H19NS. The minimum Gasteiger partial charge on any atom is -0.330 e. The van der Waals surface area contributed by atoms with Crippen LogP contribution in [0.2, 0.25) is 0 Å². The summed E-state index contributed by atoms with van der Waals surface area (Å²) in [4.78, 5) is 1.32. The van der Waals surface area contributed by atoms with Crippen molar-refractivity contribution in [3.63, 3.8) is 0 Å². The average molecular weight is 245 g/mol. The monoisotopic (exact) mass is 245 g/mol. The van der Waals surface area contributed by atoms with Crippen LogP contribution in [0.15, 0.2) is 35.7 Å². The quantitative estimate of drug-likeness (QED) is 0.870. The standard InChI is InChI=1S/C15H19NS/c1-11-4-6-12(7-5-11)14-8-13(9-17-14)15(2,3)10-16/h4-9H,10,16H2,1-3H3. The minimum atomic E-state index is 0.0689. The van der Waals surface area contributed by atoms with E-state index in [0.717, 1.165) is 0 Å². The van der Waals surface area contributed by atoms with E-state index >= 15 is 0 Å². The molecule has 1 nitrogen and oxygen atoms in total. The normalized spacial score (nSPS) is 11.8. The van der Waals surface area contributed by atoms with Crippen LogP contribution in [0.1, 0.15) is 25.0 Å². The summed E-state index contributed by atoms with van der Waals surface area (Å²) in [6, 6.07) is 10.9. The molecule has 0 aliphatic heterocycles. The van der Waals surface area contributed by atoms with Gasteiger partial charge in [-0.3, -0.25) is 0 Å². The number of benzene rings is 1. The molecule has 2 N–H and O–H groups in total. The highest BCUT2D eigenvalue weighted by Gasteiger charge is 2.20. The van der Waals surface area contributed by atoms with Crippen LogP contribution in [-0.2, 0) is 5.41 Å². The Kier molecular flexibility index (Phi) is 3.36. The molecule has 0 atom stereocenters. The lowest BCUT2D eigenvalue weighted by Crippen LogP contribution is -2.27. The number of thiophene rings is 1. The summed E-state index contributed by atoms with van der Waals surface area (Å²) in [6.45, 7) is 7.17. The van der Waals surface area contributed by atoms with Crippen molar-refractivity contribution in [3.05, 3.63) is 46.8 Å². The first kappa shape index (κ1) is 12.3. The Morgan fingerprint density at radius 3 is 2.41 bits per heavy atom. The third-order valence-corrected chi connectivity index (χ3v) is 4.21. The first-order valence-electron chi connectivity index (χ1n) is 5.89. The van der Waals surface area contributed by atoms with E-state index in [1.807, 2.05) is 0 Å². The van der Waals surface area contributed by atoms with Gasteiger partial charge < -0.3 is 5.73 Å². The van der Waals surface area contributed by atoms with Gasteiger partial charge >= 0.3 is 0 Å². The molecule has 1 aromatic heterocycles. The summed E-state index contributed by atoms with van der Waals surface area (Å²) in [7, 11) is 0.